The summed E-state index contributed by atoms with van der Waals surface area (Å²) in [6.45, 7) is 1.21. The first-order chi connectivity index (χ1) is 15.6. The van der Waals surface area contributed by atoms with Crippen molar-refractivity contribution >= 4 is 56.5 Å². The maximum absolute atomic E-state index is 13.6. The van der Waals surface area contributed by atoms with Crippen LogP contribution in [0.5, 0.6) is 0 Å². The van der Waals surface area contributed by atoms with Crippen molar-refractivity contribution in [3.05, 3.63) is 50.1 Å². The van der Waals surface area contributed by atoms with Crippen LogP contribution in [-0.2, 0) is 28.9 Å². The van der Waals surface area contributed by atoms with Gasteiger partial charge in [0.15, 0.2) is 5.16 Å². The van der Waals surface area contributed by atoms with Crippen molar-refractivity contribution in [2.45, 2.75) is 56.3 Å². The summed E-state index contributed by atoms with van der Waals surface area (Å²) < 4.78 is 7.54. The van der Waals surface area contributed by atoms with E-state index in [1.54, 1.807) is 40.2 Å². The lowest BCUT2D eigenvalue weighted by Crippen LogP contribution is -2.29. The highest BCUT2D eigenvalue weighted by atomic mass is 35.5. The molecule has 1 N–H and O–H groups in total. The molecular formula is C23H24ClN3O3S2. The monoisotopic (exact) mass is 489 g/mol. The van der Waals surface area contributed by atoms with Gasteiger partial charge >= 0.3 is 0 Å². The van der Waals surface area contributed by atoms with Gasteiger partial charge in [0.05, 0.1) is 23.8 Å². The summed E-state index contributed by atoms with van der Waals surface area (Å²) in [5.41, 5.74) is 1.88. The largest absolute Gasteiger partial charge is 0.376 e. The number of benzene rings is 1. The van der Waals surface area contributed by atoms with Gasteiger partial charge in [0.1, 0.15) is 4.83 Å². The zero-order valence-corrected chi connectivity index (χ0v) is 20.0. The molecule has 2 aliphatic rings. The molecule has 1 aliphatic heterocycles. The van der Waals surface area contributed by atoms with Gasteiger partial charge in [-0.25, -0.2) is 4.98 Å². The van der Waals surface area contributed by atoms with Crippen molar-refractivity contribution in [3.63, 3.8) is 0 Å². The SMILES string of the molecule is O=C(CSc1nc2sc3c(c2c(=O)n1CC1CCCO1)CCCC3)Nc1ccc(Cl)cc1. The van der Waals surface area contributed by atoms with E-state index in [1.807, 2.05) is 0 Å². The number of amides is 1. The summed E-state index contributed by atoms with van der Waals surface area (Å²) in [5.74, 6) is 0.0118. The van der Waals surface area contributed by atoms with Crippen LogP contribution in [0.2, 0.25) is 5.02 Å². The van der Waals surface area contributed by atoms with Crippen molar-refractivity contribution in [1.82, 2.24) is 9.55 Å². The van der Waals surface area contributed by atoms with Crippen molar-refractivity contribution in [2.24, 2.45) is 0 Å². The number of halogens is 1. The van der Waals surface area contributed by atoms with Gasteiger partial charge in [-0.15, -0.1) is 11.3 Å². The van der Waals surface area contributed by atoms with E-state index in [0.717, 1.165) is 55.3 Å². The summed E-state index contributed by atoms with van der Waals surface area (Å²) in [5, 5.41) is 4.85. The molecule has 2 aromatic heterocycles. The number of fused-ring (bicyclic) bond motifs is 3. The number of carbonyl (C=O) groups is 1. The molecule has 168 valence electrons. The van der Waals surface area contributed by atoms with Crippen LogP contribution in [-0.4, -0.2) is 33.9 Å². The van der Waals surface area contributed by atoms with E-state index in [4.69, 9.17) is 21.3 Å². The highest BCUT2D eigenvalue weighted by molar-refractivity contribution is 7.99. The number of rotatable bonds is 6. The Morgan fingerprint density at radius 1 is 1.25 bits per heavy atom. The molecule has 3 aromatic rings. The Morgan fingerprint density at radius 3 is 2.84 bits per heavy atom. The molecule has 1 fully saturated rings. The lowest BCUT2D eigenvalue weighted by Gasteiger charge is -2.16. The summed E-state index contributed by atoms with van der Waals surface area (Å²) in [6.07, 6.45) is 6.21. The van der Waals surface area contributed by atoms with Crippen LogP contribution in [0, 0.1) is 0 Å². The number of aryl methyl sites for hydroxylation is 2. The Labute approximate surface area is 199 Å². The molecule has 5 rings (SSSR count). The van der Waals surface area contributed by atoms with Crippen molar-refractivity contribution in [1.29, 1.82) is 0 Å². The molecule has 0 spiro atoms. The lowest BCUT2D eigenvalue weighted by molar-refractivity contribution is -0.113. The van der Waals surface area contributed by atoms with Gasteiger partial charge < -0.3 is 10.1 Å². The van der Waals surface area contributed by atoms with Gasteiger partial charge in [-0.05, 0) is 68.4 Å². The van der Waals surface area contributed by atoms with E-state index in [-0.39, 0.29) is 23.3 Å². The molecule has 0 bridgehead atoms. The third-order valence-corrected chi connectivity index (χ3v) is 8.32. The molecule has 1 amide bonds. The highest BCUT2D eigenvalue weighted by Gasteiger charge is 2.25. The number of thioether (sulfide) groups is 1. The maximum atomic E-state index is 13.6. The molecule has 1 atom stereocenters. The molecule has 0 radical (unpaired) electrons. The molecule has 1 aliphatic carbocycles. The first kappa shape index (κ1) is 21.9. The number of thiophene rings is 1. The Balaban J connectivity index is 1.43. The zero-order chi connectivity index (χ0) is 22.1. The molecule has 1 saturated heterocycles. The van der Waals surface area contributed by atoms with Crippen LogP contribution in [0.3, 0.4) is 0 Å². The van der Waals surface area contributed by atoms with E-state index in [1.165, 1.54) is 22.2 Å². The first-order valence-electron chi connectivity index (χ1n) is 10.9. The van der Waals surface area contributed by atoms with Gasteiger partial charge in [0, 0.05) is 22.2 Å². The van der Waals surface area contributed by atoms with Gasteiger partial charge in [-0.3, -0.25) is 14.2 Å². The molecule has 6 nitrogen and oxygen atoms in total. The molecule has 1 unspecified atom stereocenters. The van der Waals surface area contributed by atoms with E-state index in [9.17, 15) is 9.59 Å². The number of aromatic nitrogens is 2. The van der Waals surface area contributed by atoms with Gasteiger partial charge in [-0.1, -0.05) is 23.4 Å². The summed E-state index contributed by atoms with van der Waals surface area (Å²) in [6, 6.07) is 6.99. The maximum Gasteiger partial charge on any atom is 0.263 e. The lowest BCUT2D eigenvalue weighted by atomic mass is 9.97. The van der Waals surface area contributed by atoms with Crippen molar-refractivity contribution < 1.29 is 9.53 Å². The van der Waals surface area contributed by atoms with E-state index < -0.39 is 0 Å². The van der Waals surface area contributed by atoms with Crippen LogP contribution in [0.1, 0.15) is 36.1 Å². The topological polar surface area (TPSA) is 73.2 Å². The Bertz CT molecular complexity index is 1200. The molecule has 32 heavy (non-hydrogen) atoms. The van der Waals surface area contributed by atoms with E-state index >= 15 is 0 Å². The third kappa shape index (κ3) is 4.59. The fourth-order valence-corrected chi connectivity index (χ4v) is 6.58. The zero-order valence-electron chi connectivity index (χ0n) is 17.6. The van der Waals surface area contributed by atoms with Crippen LogP contribution in [0.15, 0.2) is 34.2 Å². The van der Waals surface area contributed by atoms with Crippen LogP contribution < -0.4 is 10.9 Å². The van der Waals surface area contributed by atoms with Crippen LogP contribution in [0.4, 0.5) is 5.69 Å². The van der Waals surface area contributed by atoms with E-state index in [0.29, 0.717) is 22.4 Å². The molecule has 3 heterocycles. The quantitative estimate of drug-likeness (QED) is 0.394. The van der Waals surface area contributed by atoms with Gasteiger partial charge in [-0.2, -0.15) is 0 Å². The number of hydrogen-bond donors (Lipinski definition) is 1. The number of carbonyl (C=O) groups excluding carboxylic acids is 1. The molecular weight excluding hydrogens is 466 g/mol. The smallest absolute Gasteiger partial charge is 0.263 e. The fourth-order valence-electron chi connectivity index (χ4n) is 4.34. The van der Waals surface area contributed by atoms with Crippen LogP contribution in [0.25, 0.3) is 10.2 Å². The standard InChI is InChI=1S/C23H24ClN3O3S2/c24-14-7-9-15(10-8-14)25-19(28)13-31-23-26-21-20(17-5-1-2-6-18(17)32-21)22(29)27(23)12-16-4-3-11-30-16/h7-10,16H,1-6,11-13H2,(H,25,28). The Kier molecular flexibility index (Phi) is 6.55. The van der Waals surface area contributed by atoms with Crippen molar-refractivity contribution in [2.75, 3.05) is 17.7 Å². The fraction of sp³-hybridized carbons (Fsp3) is 0.435. The molecule has 0 saturated carbocycles. The second-order valence-corrected chi connectivity index (χ2v) is 10.6. The minimum Gasteiger partial charge on any atom is -0.376 e. The average molecular weight is 490 g/mol. The number of anilines is 1. The van der Waals surface area contributed by atoms with E-state index in [2.05, 4.69) is 5.32 Å². The highest BCUT2D eigenvalue weighted by Crippen LogP contribution is 2.35. The normalized spacial score (nSPS) is 18.1. The number of hydrogen-bond acceptors (Lipinski definition) is 6. The number of nitrogens with one attached hydrogen (secondary N) is 1. The van der Waals surface area contributed by atoms with Crippen molar-refractivity contribution in [3.8, 4) is 0 Å². The van der Waals surface area contributed by atoms with Gasteiger partial charge in [0.25, 0.3) is 5.56 Å². The molecule has 9 heteroatoms. The number of nitrogens with zero attached hydrogens (tertiary/aromatic N) is 2. The Morgan fingerprint density at radius 2 is 2.06 bits per heavy atom. The third-order valence-electron chi connectivity index (χ3n) is 5.91. The number of ether oxygens (including phenoxy) is 1. The minimum atomic E-state index is -0.152. The summed E-state index contributed by atoms with van der Waals surface area (Å²) >= 11 is 8.85. The van der Waals surface area contributed by atoms with Crippen LogP contribution >= 0.6 is 34.7 Å². The summed E-state index contributed by atoms with van der Waals surface area (Å²) in [4.78, 5) is 33.1. The molecule has 1 aromatic carbocycles. The predicted molar refractivity (Wildman–Crippen MR) is 130 cm³/mol. The van der Waals surface area contributed by atoms with Gasteiger partial charge in [0.2, 0.25) is 5.91 Å². The first-order valence-corrected chi connectivity index (χ1v) is 13.1. The predicted octanol–water partition coefficient (Wildman–Crippen LogP) is 4.90. The summed E-state index contributed by atoms with van der Waals surface area (Å²) in [7, 11) is 0. The second-order valence-electron chi connectivity index (χ2n) is 8.18. The minimum absolute atomic E-state index is 0.00510. The average Bonchev–Trinajstić information content (AvgIpc) is 3.43. The second kappa shape index (κ2) is 9.55. The Hall–Kier alpha value is -1.87.